The predicted molar refractivity (Wildman–Crippen MR) is 169 cm³/mol. The highest BCUT2D eigenvalue weighted by atomic mass is 28.4. The van der Waals surface area contributed by atoms with Crippen molar-refractivity contribution in [1.29, 1.82) is 0 Å². The Bertz CT molecular complexity index is 979. The molecule has 1 unspecified atom stereocenters. The van der Waals surface area contributed by atoms with Crippen LogP contribution < -0.4 is 4.74 Å². The fraction of sp³-hybridized carbons (Fsp3) is 0.697. The Morgan fingerprint density at radius 2 is 1.67 bits per heavy atom. The number of methoxy groups -OCH3 is 1. The van der Waals surface area contributed by atoms with Crippen LogP contribution in [0.25, 0.3) is 0 Å². The van der Waals surface area contributed by atoms with Gasteiger partial charge in [0.2, 0.25) is 0 Å². The van der Waals surface area contributed by atoms with Crippen molar-refractivity contribution in [2.24, 2.45) is 5.92 Å². The average Bonchev–Trinajstić information content (AvgIpc) is 2.88. The van der Waals surface area contributed by atoms with Gasteiger partial charge in [-0.15, -0.1) is 0 Å². The zero-order chi connectivity index (χ0) is 32.0. The molecule has 1 aromatic rings. The minimum absolute atomic E-state index is 0.0514. The summed E-state index contributed by atoms with van der Waals surface area (Å²) >= 11 is 0. The zero-order valence-corrected chi connectivity index (χ0v) is 28.7. The third kappa shape index (κ3) is 14.8. The lowest BCUT2D eigenvalue weighted by Crippen LogP contribution is -2.43. The summed E-state index contributed by atoms with van der Waals surface area (Å²) in [5.74, 6) is 0.356. The molecule has 0 heterocycles. The Morgan fingerprint density at radius 3 is 2.21 bits per heavy atom. The minimum Gasteiger partial charge on any atom is -0.497 e. The molecule has 0 radical (unpaired) electrons. The van der Waals surface area contributed by atoms with E-state index in [1.165, 1.54) is 13.8 Å². The first-order chi connectivity index (χ1) is 19.5. The zero-order valence-electron chi connectivity index (χ0n) is 27.7. The molecule has 42 heavy (non-hydrogen) atoms. The van der Waals surface area contributed by atoms with E-state index < -0.39 is 26.0 Å². The molecule has 240 valence electrons. The fourth-order valence-corrected chi connectivity index (χ4v) is 5.15. The molecule has 0 saturated carbocycles. The normalized spacial score (nSPS) is 15.5. The number of hydrogen-bond donors (Lipinski definition) is 1. The van der Waals surface area contributed by atoms with Gasteiger partial charge in [-0.05, 0) is 86.0 Å². The van der Waals surface area contributed by atoms with E-state index in [1.54, 1.807) is 14.0 Å². The second-order valence-corrected chi connectivity index (χ2v) is 17.9. The van der Waals surface area contributed by atoms with E-state index in [-0.39, 0.29) is 17.6 Å². The van der Waals surface area contributed by atoms with Crippen LogP contribution in [0.5, 0.6) is 5.75 Å². The first kappa shape index (κ1) is 37.8. The summed E-state index contributed by atoms with van der Waals surface area (Å²) in [6, 6.07) is 7.83. The highest BCUT2D eigenvalue weighted by Gasteiger charge is 2.38. The molecule has 1 N–H and O–H groups in total. The lowest BCUT2D eigenvalue weighted by Gasteiger charge is -2.37. The minimum atomic E-state index is -2.01. The molecule has 0 spiro atoms. The van der Waals surface area contributed by atoms with Crippen molar-refractivity contribution in [2.45, 2.75) is 117 Å². The summed E-state index contributed by atoms with van der Waals surface area (Å²) in [7, 11) is -0.362. The Labute approximate surface area is 255 Å². The van der Waals surface area contributed by atoms with E-state index in [0.717, 1.165) is 29.7 Å². The van der Waals surface area contributed by atoms with Crippen LogP contribution in [0, 0.1) is 5.92 Å². The van der Waals surface area contributed by atoms with Crippen LogP contribution in [-0.2, 0) is 34.8 Å². The number of benzene rings is 1. The summed E-state index contributed by atoms with van der Waals surface area (Å²) in [5, 5.41) is 11.5. The molecule has 3 atom stereocenters. The molecule has 0 fully saturated rings. The molecule has 9 heteroatoms. The van der Waals surface area contributed by atoms with Crippen molar-refractivity contribution in [3.05, 3.63) is 41.5 Å². The summed E-state index contributed by atoms with van der Waals surface area (Å²) in [6.07, 6.45) is 4.28. The third-order valence-corrected chi connectivity index (χ3v) is 12.5. The summed E-state index contributed by atoms with van der Waals surface area (Å²) in [4.78, 5) is 23.3. The van der Waals surface area contributed by atoms with E-state index in [1.807, 2.05) is 30.3 Å². The van der Waals surface area contributed by atoms with Gasteiger partial charge < -0.3 is 28.5 Å². The van der Waals surface area contributed by atoms with Gasteiger partial charge in [-0.25, -0.2) is 0 Å². The summed E-state index contributed by atoms with van der Waals surface area (Å²) in [6.45, 7) is 19.2. The SMILES string of the molecule is COc1ccc(COCC(C)CCC[C@](C)(O)[C@@H](CC/C(=C\COC(C)=O)CO[Si](C)(C)C(C)(C)C)OC(C)=O)cc1. The molecular formula is C33H56O8Si. The first-order valence-corrected chi connectivity index (χ1v) is 17.9. The Kier molecular flexibility index (Phi) is 16.0. The molecule has 1 rings (SSSR count). The van der Waals surface area contributed by atoms with Crippen LogP contribution in [0.3, 0.4) is 0 Å². The molecule has 0 aliphatic rings. The van der Waals surface area contributed by atoms with Gasteiger partial charge in [0.15, 0.2) is 8.32 Å². The second kappa shape index (κ2) is 17.8. The summed E-state index contributed by atoms with van der Waals surface area (Å²) < 4.78 is 28.3. The van der Waals surface area contributed by atoms with E-state index in [9.17, 15) is 14.7 Å². The molecular weight excluding hydrogens is 552 g/mol. The van der Waals surface area contributed by atoms with E-state index in [0.29, 0.717) is 45.0 Å². The van der Waals surface area contributed by atoms with Crippen molar-refractivity contribution >= 4 is 20.3 Å². The quantitative estimate of drug-likeness (QED) is 0.102. The van der Waals surface area contributed by atoms with E-state index >= 15 is 0 Å². The number of esters is 2. The number of hydrogen-bond acceptors (Lipinski definition) is 8. The van der Waals surface area contributed by atoms with Gasteiger partial charge >= 0.3 is 11.9 Å². The van der Waals surface area contributed by atoms with Crippen LogP contribution in [0.2, 0.25) is 18.1 Å². The van der Waals surface area contributed by atoms with Crippen molar-refractivity contribution in [1.82, 2.24) is 0 Å². The molecule has 0 bridgehead atoms. The number of ether oxygens (including phenoxy) is 4. The number of carbonyl (C=O) groups is 2. The van der Waals surface area contributed by atoms with Gasteiger partial charge in [0, 0.05) is 20.5 Å². The molecule has 0 amide bonds. The maximum absolute atomic E-state index is 12.0. The van der Waals surface area contributed by atoms with Crippen molar-refractivity contribution in [3.63, 3.8) is 0 Å². The smallest absolute Gasteiger partial charge is 0.303 e. The van der Waals surface area contributed by atoms with Crippen molar-refractivity contribution < 1.29 is 38.1 Å². The van der Waals surface area contributed by atoms with Crippen LogP contribution in [0.15, 0.2) is 35.9 Å². The van der Waals surface area contributed by atoms with Crippen LogP contribution in [-0.4, -0.2) is 64.0 Å². The van der Waals surface area contributed by atoms with Crippen LogP contribution in [0.1, 0.15) is 86.1 Å². The largest absolute Gasteiger partial charge is 0.497 e. The van der Waals surface area contributed by atoms with E-state index in [2.05, 4.69) is 40.8 Å². The standard InChI is InChI=1S/C33H56O8Si/c1-25(22-38-23-28-13-16-30(37-8)17-14-28)12-11-20-33(7,36)31(41-27(3)35)18-15-29(19-21-39-26(2)34)24-40-42(9,10)32(4,5)6/h13-14,16-17,19,25,31,36H,11-12,15,18,20-24H2,1-10H3/b29-19+/t25?,31-,33+/m1/s1. The Balaban J connectivity index is 2.72. The molecule has 0 aromatic heterocycles. The van der Waals surface area contributed by atoms with Crippen molar-refractivity contribution in [2.75, 3.05) is 26.9 Å². The fourth-order valence-electron chi connectivity index (χ4n) is 4.17. The molecule has 8 nitrogen and oxygen atoms in total. The molecule has 0 saturated heterocycles. The average molecular weight is 609 g/mol. The van der Waals surface area contributed by atoms with E-state index in [4.69, 9.17) is 23.4 Å². The highest BCUT2D eigenvalue weighted by molar-refractivity contribution is 6.74. The van der Waals surface area contributed by atoms with Crippen LogP contribution >= 0.6 is 0 Å². The lowest BCUT2D eigenvalue weighted by atomic mass is 9.87. The number of aliphatic hydroxyl groups is 1. The Morgan fingerprint density at radius 1 is 1.02 bits per heavy atom. The topological polar surface area (TPSA) is 101 Å². The maximum Gasteiger partial charge on any atom is 0.303 e. The molecule has 0 aliphatic heterocycles. The third-order valence-electron chi connectivity index (χ3n) is 8.02. The van der Waals surface area contributed by atoms with Gasteiger partial charge in [0.1, 0.15) is 18.5 Å². The molecule has 1 aromatic carbocycles. The molecule has 0 aliphatic carbocycles. The first-order valence-electron chi connectivity index (χ1n) is 15.0. The van der Waals surface area contributed by atoms with Gasteiger partial charge in [0.25, 0.3) is 0 Å². The lowest BCUT2D eigenvalue weighted by molar-refractivity contribution is -0.162. The number of rotatable bonds is 19. The summed E-state index contributed by atoms with van der Waals surface area (Å²) in [5.41, 5.74) is 0.846. The maximum atomic E-state index is 12.0. The van der Waals surface area contributed by atoms with Gasteiger partial charge in [-0.1, -0.05) is 46.2 Å². The van der Waals surface area contributed by atoms with Gasteiger partial charge in [-0.3, -0.25) is 9.59 Å². The number of carbonyl (C=O) groups excluding carboxylic acids is 2. The monoisotopic (exact) mass is 608 g/mol. The highest BCUT2D eigenvalue weighted by Crippen LogP contribution is 2.37. The van der Waals surface area contributed by atoms with Crippen molar-refractivity contribution in [3.8, 4) is 5.75 Å². The van der Waals surface area contributed by atoms with Crippen LogP contribution in [0.4, 0.5) is 0 Å². The van der Waals surface area contributed by atoms with Gasteiger partial charge in [0.05, 0.1) is 25.9 Å². The predicted octanol–water partition coefficient (Wildman–Crippen LogP) is 6.99. The van der Waals surface area contributed by atoms with Gasteiger partial charge in [-0.2, -0.15) is 0 Å². The Hall–Kier alpha value is -2.20. The second-order valence-electron chi connectivity index (χ2n) is 13.1.